The lowest BCUT2D eigenvalue weighted by atomic mass is 10.6. The summed E-state index contributed by atoms with van der Waals surface area (Å²) in [7, 11) is 0. The Bertz CT molecular complexity index is 178. The van der Waals surface area contributed by atoms with Gasteiger partial charge in [0.2, 0.25) is 5.88 Å². The number of anilines is 1. The first-order valence-corrected chi connectivity index (χ1v) is 3.39. The fourth-order valence-corrected chi connectivity index (χ4v) is 1.48. The van der Waals surface area contributed by atoms with Crippen LogP contribution in [-0.2, 0) is 0 Å². The summed E-state index contributed by atoms with van der Waals surface area (Å²) in [6.07, 6.45) is 1.70. The lowest BCUT2D eigenvalue weighted by Crippen LogP contribution is -1.85. The summed E-state index contributed by atoms with van der Waals surface area (Å²) >= 11 is 1.77. The Labute approximate surface area is 51.3 Å². The van der Waals surface area contributed by atoms with Crippen molar-refractivity contribution in [3.63, 3.8) is 0 Å². The number of furan rings is 1. The van der Waals surface area contributed by atoms with E-state index in [0.29, 0.717) is 0 Å². The molecule has 0 saturated carbocycles. The average Bonchev–Trinajstić information content (AvgIpc) is 2.15. The number of hydrogen-bond acceptors (Lipinski definition) is 3. The molecule has 1 aliphatic heterocycles. The van der Waals surface area contributed by atoms with Crippen molar-refractivity contribution in [1.29, 1.82) is 0 Å². The minimum absolute atomic E-state index is 0.926. The second-order valence-corrected chi connectivity index (χ2v) is 2.60. The first-order chi connectivity index (χ1) is 3.97. The SMILES string of the molecule is c1cc2c(o1)NCS2. The summed E-state index contributed by atoms with van der Waals surface area (Å²) < 4.78 is 5.04. The fraction of sp³-hybridized carbons (Fsp3) is 0.200. The predicted molar refractivity (Wildman–Crippen MR) is 33.1 cm³/mol. The zero-order valence-corrected chi connectivity index (χ0v) is 4.99. The zero-order valence-electron chi connectivity index (χ0n) is 4.18. The van der Waals surface area contributed by atoms with Crippen LogP contribution >= 0.6 is 11.8 Å². The maximum absolute atomic E-state index is 5.04. The molecule has 2 nitrogen and oxygen atoms in total. The highest BCUT2D eigenvalue weighted by atomic mass is 32.2. The molecule has 1 aliphatic rings. The van der Waals surface area contributed by atoms with Crippen molar-refractivity contribution in [2.24, 2.45) is 0 Å². The highest BCUT2D eigenvalue weighted by molar-refractivity contribution is 7.99. The number of hydrogen-bond donors (Lipinski definition) is 1. The molecule has 8 heavy (non-hydrogen) atoms. The van der Waals surface area contributed by atoms with Crippen LogP contribution in [0.3, 0.4) is 0 Å². The van der Waals surface area contributed by atoms with E-state index in [9.17, 15) is 0 Å². The summed E-state index contributed by atoms with van der Waals surface area (Å²) in [5.74, 6) is 1.88. The van der Waals surface area contributed by atoms with Gasteiger partial charge >= 0.3 is 0 Å². The van der Waals surface area contributed by atoms with Crippen LogP contribution in [-0.4, -0.2) is 5.88 Å². The van der Waals surface area contributed by atoms with E-state index in [-0.39, 0.29) is 0 Å². The minimum Gasteiger partial charge on any atom is -0.448 e. The van der Waals surface area contributed by atoms with Crippen LogP contribution in [0.25, 0.3) is 0 Å². The Morgan fingerprint density at radius 3 is 3.62 bits per heavy atom. The van der Waals surface area contributed by atoms with Gasteiger partial charge in [0.25, 0.3) is 0 Å². The van der Waals surface area contributed by atoms with Crippen LogP contribution in [0.15, 0.2) is 21.6 Å². The summed E-state index contributed by atoms with van der Waals surface area (Å²) in [6.45, 7) is 0. The van der Waals surface area contributed by atoms with Crippen LogP contribution in [0.5, 0.6) is 0 Å². The largest absolute Gasteiger partial charge is 0.448 e. The van der Waals surface area contributed by atoms with Crippen molar-refractivity contribution in [1.82, 2.24) is 0 Å². The number of nitrogens with one attached hydrogen (secondary N) is 1. The standard InChI is InChI=1S/C5H5NOS/c1-2-7-5-4(1)8-3-6-5/h1-2,6H,3H2. The lowest BCUT2D eigenvalue weighted by Gasteiger charge is -1.84. The first kappa shape index (κ1) is 4.32. The Kier molecular flexibility index (Phi) is 0.784. The van der Waals surface area contributed by atoms with E-state index >= 15 is 0 Å². The van der Waals surface area contributed by atoms with Crippen molar-refractivity contribution in [3.8, 4) is 0 Å². The molecule has 1 aromatic heterocycles. The van der Waals surface area contributed by atoms with Crippen molar-refractivity contribution < 1.29 is 4.42 Å². The Hall–Kier alpha value is -0.570. The number of thioether (sulfide) groups is 1. The molecule has 1 N–H and O–H groups in total. The molecule has 0 spiro atoms. The first-order valence-electron chi connectivity index (χ1n) is 2.41. The Morgan fingerprint density at radius 2 is 2.75 bits per heavy atom. The van der Waals surface area contributed by atoms with Gasteiger partial charge in [-0.1, -0.05) is 11.8 Å². The molecule has 0 atom stereocenters. The summed E-state index contributed by atoms with van der Waals surface area (Å²) in [6, 6.07) is 1.97. The summed E-state index contributed by atoms with van der Waals surface area (Å²) in [5, 5.41) is 3.08. The smallest absolute Gasteiger partial charge is 0.207 e. The van der Waals surface area contributed by atoms with Crippen molar-refractivity contribution in [2.75, 3.05) is 11.2 Å². The van der Waals surface area contributed by atoms with E-state index in [2.05, 4.69) is 5.32 Å². The summed E-state index contributed by atoms with van der Waals surface area (Å²) in [5.41, 5.74) is 0. The van der Waals surface area contributed by atoms with Crippen molar-refractivity contribution >= 4 is 17.6 Å². The molecular formula is C5H5NOS. The molecule has 0 saturated heterocycles. The molecule has 3 heteroatoms. The third-order valence-electron chi connectivity index (χ3n) is 1.09. The molecule has 0 fully saturated rings. The van der Waals surface area contributed by atoms with Gasteiger partial charge in [-0.2, -0.15) is 0 Å². The van der Waals surface area contributed by atoms with Gasteiger partial charge in [0.15, 0.2) is 0 Å². The van der Waals surface area contributed by atoms with Gasteiger partial charge in [0, 0.05) is 0 Å². The predicted octanol–water partition coefficient (Wildman–Crippen LogP) is 1.75. The zero-order chi connectivity index (χ0) is 5.40. The highest BCUT2D eigenvalue weighted by Crippen LogP contribution is 2.33. The van der Waals surface area contributed by atoms with Gasteiger partial charge in [0.05, 0.1) is 17.0 Å². The molecular weight excluding hydrogens is 122 g/mol. The van der Waals surface area contributed by atoms with Crippen LogP contribution in [0, 0.1) is 0 Å². The molecule has 0 aliphatic carbocycles. The molecule has 1 aromatic rings. The topological polar surface area (TPSA) is 25.2 Å². The van der Waals surface area contributed by atoms with E-state index in [1.807, 2.05) is 6.07 Å². The third kappa shape index (κ3) is 0.448. The lowest BCUT2D eigenvalue weighted by molar-refractivity contribution is 0.580. The molecule has 0 amide bonds. The van der Waals surface area contributed by atoms with E-state index in [1.54, 1.807) is 18.0 Å². The second-order valence-electron chi connectivity index (χ2n) is 1.58. The van der Waals surface area contributed by atoms with Gasteiger partial charge in [0.1, 0.15) is 0 Å². The molecule has 0 unspecified atom stereocenters. The monoisotopic (exact) mass is 127 g/mol. The van der Waals surface area contributed by atoms with Gasteiger partial charge in [-0.05, 0) is 6.07 Å². The molecule has 0 radical (unpaired) electrons. The van der Waals surface area contributed by atoms with E-state index in [4.69, 9.17) is 4.42 Å². The quantitative estimate of drug-likeness (QED) is 0.574. The maximum Gasteiger partial charge on any atom is 0.207 e. The van der Waals surface area contributed by atoms with Gasteiger partial charge in [-0.15, -0.1) is 0 Å². The number of fused-ring (bicyclic) bond motifs is 1. The van der Waals surface area contributed by atoms with Crippen LogP contribution in [0.4, 0.5) is 5.88 Å². The average molecular weight is 127 g/mol. The van der Waals surface area contributed by atoms with Crippen LogP contribution in [0.1, 0.15) is 0 Å². The Morgan fingerprint density at radius 1 is 1.75 bits per heavy atom. The van der Waals surface area contributed by atoms with E-state index in [0.717, 1.165) is 11.8 Å². The van der Waals surface area contributed by atoms with Gasteiger partial charge in [-0.3, -0.25) is 0 Å². The second kappa shape index (κ2) is 1.45. The maximum atomic E-state index is 5.04. The van der Waals surface area contributed by atoms with Crippen molar-refractivity contribution in [2.45, 2.75) is 4.90 Å². The normalized spacial score (nSPS) is 15.5. The van der Waals surface area contributed by atoms with Gasteiger partial charge < -0.3 is 9.73 Å². The van der Waals surface area contributed by atoms with E-state index in [1.165, 1.54) is 4.90 Å². The van der Waals surface area contributed by atoms with E-state index < -0.39 is 0 Å². The third-order valence-corrected chi connectivity index (χ3v) is 2.01. The fourth-order valence-electron chi connectivity index (χ4n) is 0.719. The molecule has 2 rings (SSSR count). The number of rotatable bonds is 0. The van der Waals surface area contributed by atoms with Crippen LogP contribution < -0.4 is 5.32 Å². The minimum atomic E-state index is 0.926. The van der Waals surface area contributed by atoms with Crippen LogP contribution in [0.2, 0.25) is 0 Å². The Balaban J connectivity index is 2.54. The molecule has 0 bridgehead atoms. The molecule has 0 aromatic carbocycles. The van der Waals surface area contributed by atoms with Crippen molar-refractivity contribution in [3.05, 3.63) is 12.3 Å². The summed E-state index contributed by atoms with van der Waals surface area (Å²) in [4.78, 5) is 1.23. The molecule has 42 valence electrons. The van der Waals surface area contributed by atoms with Gasteiger partial charge in [-0.25, -0.2) is 0 Å². The highest BCUT2D eigenvalue weighted by Gasteiger charge is 2.11. The molecule has 2 heterocycles.